The lowest BCUT2D eigenvalue weighted by Gasteiger charge is -2.24. The van der Waals surface area contributed by atoms with E-state index < -0.39 is 6.04 Å². The van der Waals surface area contributed by atoms with Crippen molar-refractivity contribution in [3.63, 3.8) is 0 Å². The number of fused-ring (bicyclic) bond motifs is 1. The Bertz CT molecular complexity index is 828. The Morgan fingerprint density at radius 1 is 1.19 bits per heavy atom. The fourth-order valence-electron chi connectivity index (χ4n) is 2.73. The normalized spacial score (nSPS) is 11.7. The van der Waals surface area contributed by atoms with Gasteiger partial charge in [0.25, 0.3) is 5.91 Å². The second kappa shape index (κ2) is 9.16. The van der Waals surface area contributed by atoms with Crippen molar-refractivity contribution in [3.05, 3.63) is 48.0 Å². The third-order valence-corrected chi connectivity index (χ3v) is 4.22. The molecule has 0 radical (unpaired) electrons. The largest absolute Gasteiger partial charge is 0.361 e. The summed E-state index contributed by atoms with van der Waals surface area (Å²) in [5, 5.41) is 18.0. The summed E-state index contributed by atoms with van der Waals surface area (Å²) in [4.78, 5) is 13.9. The number of nitriles is 1. The zero-order valence-corrected chi connectivity index (χ0v) is 16.1. The SMILES string of the molecule is CCN(C#N)C(=O)C(Cc1ccc2ccccc2c1)NC(=S)NC(C)C. The minimum Gasteiger partial charge on any atom is -0.361 e. The third kappa shape index (κ3) is 5.17. The Morgan fingerprint density at radius 3 is 2.50 bits per heavy atom. The van der Waals surface area contributed by atoms with Crippen molar-refractivity contribution in [2.24, 2.45) is 0 Å². The van der Waals surface area contributed by atoms with Crippen LogP contribution < -0.4 is 10.6 Å². The van der Waals surface area contributed by atoms with E-state index in [1.165, 1.54) is 0 Å². The Balaban J connectivity index is 2.24. The van der Waals surface area contributed by atoms with Gasteiger partial charge in [-0.05, 0) is 49.3 Å². The molecule has 2 aromatic rings. The monoisotopic (exact) mass is 368 g/mol. The van der Waals surface area contributed by atoms with Crippen molar-refractivity contribution in [1.29, 1.82) is 5.26 Å². The number of benzene rings is 2. The number of likely N-dealkylation sites (N-methyl/N-ethyl adjacent to an activating group) is 1. The quantitative estimate of drug-likeness (QED) is 0.466. The van der Waals surface area contributed by atoms with Crippen LogP contribution in [0.2, 0.25) is 0 Å². The molecule has 136 valence electrons. The molecule has 1 atom stereocenters. The third-order valence-electron chi connectivity index (χ3n) is 3.98. The molecule has 0 saturated carbocycles. The summed E-state index contributed by atoms with van der Waals surface area (Å²) >= 11 is 5.30. The van der Waals surface area contributed by atoms with Gasteiger partial charge in [-0.15, -0.1) is 0 Å². The predicted molar refractivity (Wildman–Crippen MR) is 108 cm³/mol. The van der Waals surface area contributed by atoms with Crippen LogP contribution in [0.4, 0.5) is 0 Å². The van der Waals surface area contributed by atoms with E-state index in [-0.39, 0.29) is 11.9 Å². The summed E-state index contributed by atoms with van der Waals surface area (Å²) in [6.07, 6.45) is 2.39. The average molecular weight is 369 g/mol. The Morgan fingerprint density at radius 2 is 1.88 bits per heavy atom. The van der Waals surface area contributed by atoms with E-state index in [0.29, 0.717) is 18.1 Å². The van der Waals surface area contributed by atoms with Crippen molar-refractivity contribution in [3.8, 4) is 6.19 Å². The van der Waals surface area contributed by atoms with Gasteiger partial charge in [0.2, 0.25) is 0 Å². The molecule has 6 heteroatoms. The lowest BCUT2D eigenvalue weighted by atomic mass is 10.0. The molecule has 0 aromatic heterocycles. The molecule has 2 rings (SSSR count). The van der Waals surface area contributed by atoms with Gasteiger partial charge in [0, 0.05) is 19.0 Å². The zero-order chi connectivity index (χ0) is 19.1. The van der Waals surface area contributed by atoms with Crippen LogP contribution in [0.25, 0.3) is 10.8 Å². The molecule has 0 aliphatic carbocycles. The molecule has 0 spiro atoms. The van der Waals surface area contributed by atoms with Crippen LogP contribution in [0.5, 0.6) is 0 Å². The van der Waals surface area contributed by atoms with Gasteiger partial charge in [-0.1, -0.05) is 42.5 Å². The van der Waals surface area contributed by atoms with E-state index in [1.54, 1.807) is 6.92 Å². The molecule has 1 unspecified atom stereocenters. The predicted octanol–water partition coefficient (Wildman–Crippen LogP) is 2.95. The first-order chi connectivity index (χ1) is 12.4. The molecule has 0 aliphatic heterocycles. The first-order valence-electron chi connectivity index (χ1n) is 8.70. The van der Waals surface area contributed by atoms with E-state index >= 15 is 0 Å². The number of thiocarbonyl (C=S) groups is 1. The number of rotatable bonds is 6. The topological polar surface area (TPSA) is 68.2 Å². The molecular formula is C20H24N4OS. The molecule has 0 aliphatic rings. The fraction of sp³-hybridized carbons (Fsp3) is 0.350. The Hall–Kier alpha value is -2.65. The summed E-state index contributed by atoms with van der Waals surface area (Å²) in [5.41, 5.74) is 1.01. The number of carbonyl (C=O) groups is 1. The van der Waals surface area contributed by atoms with E-state index in [1.807, 2.05) is 50.4 Å². The summed E-state index contributed by atoms with van der Waals surface area (Å²) in [7, 11) is 0. The number of nitrogens with one attached hydrogen (secondary N) is 2. The molecule has 0 saturated heterocycles. The highest BCUT2D eigenvalue weighted by Gasteiger charge is 2.25. The van der Waals surface area contributed by atoms with Gasteiger partial charge in [0.15, 0.2) is 11.3 Å². The van der Waals surface area contributed by atoms with Crippen LogP contribution in [-0.4, -0.2) is 34.5 Å². The molecule has 2 N–H and O–H groups in total. The van der Waals surface area contributed by atoms with E-state index in [0.717, 1.165) is 21.2 Å². The van der Waals surface area contributed by atoms with E-state index in [4.69, 9.17) is 12.2 Å². The van der Waals surface area contributed by atoms with Crippen molar-refractivity contribution >= 4 is 34.0 Å². The van der Waals surface area contributed by atoms with Gasteiger partial charge in [0.05, 0.1) is 0 Å². The second-order valence-corrected chi connectivity index (χ2v) is 6.80. The summed E-state index contributed by atoms with van der Waals surface area (Å²) < 4.78 is 0. The van der Waals surface area contributed by atoms with Gasteiger partial charge in [-0.3, -0.25) is 4.79 Å². The minimum atomic E-state index is -0.602. The summed E-state index contributed by atoms with van der Waals surface area (Å²) in [6, 6.07) is 13.8. The number of amides is 1. The van der Waals surface area contributed by atoms with Gasteiger partial charge in [-0.25, -0.2) is 4.90 Å². The Labute approximate surface area is 160 Å². The van der Waals surface area contributed by atoms with Gasteiger partial charge < -0.3 is 10.6 Å². The Kier molecular flexibility index (Phi) is 6.93. The van der Waals surface area contributed by atoms with Crippen LogP contribution in [-0.2, 0) is 11.2 Å². The highest BCUT2D eigenvalue weighted by Crippen LogP contribution is 2.17. The molecular weight excluding hydrogens is 344 g/mol. The molecule has 0 heterocycles. The molecule has 2 aromatic carbocycles. The average Bonchev–Trinajstić information content (AvgIpc) is 2.61. The maximum atomic E-state index is 12.7. The number of carbonyl (C=O) groups excluding carboxylic acids is 1. The fourth-order valence-corrected chi connectivity index (χ4v) is 3.11. The van der Waals surface area contributed by atoms with Gasteiger partial charge in [-0.2, -0.15) is 5.26 Å². The van der Waals surface area contributed by atoms with Crippen molar-refractivity contribution in [2.75, 3.05) is 6.54 Å². The minimum absolute atomic E-state index is 0.157. The number of hydrogen-bond acceptors (Lipinski definition) is 3. The highest BCUT2D eigenvalue weighted by molar-refractivity contribution is 7.80. The van der Waals surface area contributed by atoms with Crippen molar-refractivity contribution in [2.45, 2.75) is 39.3 Å². The van der Waals surface area contributed by atoms with E-state index in [9.17, 15) is 10.1 Å². The molecule has 5 nitrogen and oxygen atoms in total. The number of hydrogen-bond donors (Lipinski definition) is 2. The maximum absolute atomic E-state index is 12.7. The first kappa shape index (κ1) is 19.7. The van der Waals surface area contributed by atoms with E-state index in [2.05, 4.69) is 22.8 Å². The van der Waals surface area contributed by atoms with Crippen LogP contribution in [0.3, 0.4) is 0 Å². The van der Waals surface area contributed by atoms with Crippen LogP contribution >= 0.6 is 12.2 Å². The molecule has 0 fully saturated rings. The zero-order valence-electron chi connectivity index (χ0n) is 15.3. The highest BCUT2D eigenvalue weighted by atomic mass is 32.1. The maximum Gasteiger partial charge on any atom is 0.258 e. The smallest absolute Gasteiger partial charge is 0.258 e. The second-order valence-electron chi connectivity index (χ2n) is 6.39. The number of nitrogens with zero attached hydrogens (tertiary/aromatic N) is 2. The van der Waals surface area contributed by atoms with Gasteiger partial charge in [0.1, 0.15) is 6.04 Å². The van der Waals surface area contributed by atoms with Gasteiger partial charge >= 0.3 is 0 Å². The molecule has 0 bridgehead atoms. The molecule has 26 heavy (non-hydrogen) atoms. The summed E-state index contributed by atoms with van der Waals surface area (Å²) in [5.74, 6) is -0.281. The standard InChI is InChI=1S/C20H24N4OS/c1-4-24(13-21)19(25)18(23-20(26)22-14(2)3)12-15-9-10-16-7-5-6-8-17(16)11-15/h5-11,14,18H,4,12H2,1-3H3,(H2,22,23,26). The van der Waals surface area contributed by atoms with Crippen LogP contribution in [0.1, 0.15) is 26.3 Å². The lowest BCUT2D eigenvalue weighted by molar-refractivity contribution is -0.129. The van der Waals surface area contributed by atoms with Crippen molar-refractivity contribution in [1.82, 2.24) is 15.5 Å². The summed E-state index contributed by atoms with van der Waals surface area (Å²) in [6.45, 7) is 6.05. The van der Waals surface area contributed by atoms with Crippen molar-refractivity contribution < 1.29 is 4.79 Å². The lowest BCUT2D eigenvalue weighted by Crippen LogP contribution is -2.52. The van der Waals surface area contributed by atoms with Crippen LogP contribution in [0, 0.1) is 11.5 Å². The van der Waals surface area contributed by atoms with Crippen LogP contribution in [0.15, 0.2) is 42.5 Å². The molecule has 1 amide bonds. The first-order valence-corrected chi connectivity index (χ1v) is 9.11.